The van der Waals surface area contributed by atoms with Crippen LogP contribution in [-0.4, -0.2) is 39.1 Å². The minimum atomic E-state index is -3.74. The molecule has 2 N–H and O–H groups in total. The van der Waals surface area contributed by atoms with Crippen molar-refractivity contribution in [1.29, 1.82) is 0 Å². The SMILES string of the molecule is C=CCNC(=O)c1ccccc1NC(=O)C(C)N(c1cc(C)cc(C)c1)S(C)(=O)=O. The fourth-order valence-electron chi connectivity index (χ4n) is 3.17. The molecule has 0 aliphatic rings. The lowest BCUT2D eigenvalue weighted by atomic mass is 10.1. The second kappa shape index (κ2) is 9.58. The van der Waals surface area contributed by atoms with E-state index in [1.54, 1.807) is 42.5 Å². The van der Waals surface area contributed by atoms with Gasteiger partial charge >= 0.3 is 0 Å². The Bertz CT molecular complexity index is 1040. The fraction of sp³-hybridized carbons (Fsp3) is 0.273. The molecule has 2 amide bonds. The molecular formula is C22H27N3O4S. The van der Waals surface area contributed by atoms with E-state index in [0.29, 0.717) is 11.4 Å². The Balaban J connectivity index is 2.35. The predicted molar refractivity (Wildman–Crippen MR) is 120 cm³/mol. The summed E-state index contributed by atoms with van der Waals surface area (Å²) < 4.78 is 26.1. The van der Waals surface area contributed by atoms with Gasteiger partial charge in [0.05, 0.1) is 23.2 Å². The van der Waals surface area contributed by atoms with Crippen LogP contribution in [0.1, 0.15) is 28.4 Å². The fourth-order valence-corrected chi connectivity index (χ4v) is 4.33. The summed E-state index contributed by atoms with van der Waals surface area (Å²) in [7, 11) is -3.74. The number of nitrogens with one attached hydrogen (secondary N) is 2. The standard InChI is InChI=1S/C22H27N3O4S/c1-6-11-23-22(27)19-9-7-8-10-20(19)24-21(26)17(4)25(30(5,28)29)18-13-15(2)12-16(3)14-18/h6-10,12-14,17H,1,11H2,2-5H3,(H,23,27)(H,24,26). The zero-order chi connectivity index (χ0) is 22.5. The number of para-hydroxylation sites is 1. The monoisotopic (exact) mass is 429 g/mol. The molecule has 0 spiro atoms. The highest BCUT2D eigenvalue weighted by atomic mass is 32.2. The van der Waals surface area contributed by atoms with Gasteiger partial charge in [-0.1, -0.05) is 24.3 Å². The Morgan fingerprint density at radius 1 is 1.13 bits per heavy atom. The van der Waals surface area contributed by atoms with Crippen molar-refractivity contribution < 1.29 is 18.0 Å². The number of hydrogen-bond acceptors (Lipinski definition) is 4. The molecule has 0 fully saturated rings. The van der Waals surface area contributed by atoms with Crippen LogP contribution < -0.4 is 14.9 Å². The van der Waals surface area contributed by atoms with Crippen LogP contribution in [0.25, 0.3) is 0 Å². The summed E-state index contributed by atoms with van der Waals surface area (Å²) in [6, 6.07) is 10.9. The quantitative estimate of drug-likeness (QED) is 0.631. The average molecular weight is 430 g/mol. The summed E-state index contributed by atoms with van der Waals surface area (Å²) in [6.07, 6.45) is 2.61. The molecule has 2 rings (SSSR count). The second-order valence-corrected chi connectivity index (χ2v) is 8.97. The highest BCUT2D eigenvalue weighted by molar-refractivity contribution is 7.92. The molecule has 1 atom stereocenters. The molecule has 30 heavy (non-hydrogen) atoms. The molecule has 0 heterocycles. The first kappa shape index (κ1) is 23.2. The molecule has 0 bridgehead atoms. The first-order valence-electron chi connectivity index (χ1n) is 9.41. The first-order chi connectivity index (χ1) is 14.0. The van der Waals surface area contributed by atoms with Crippen molar-refractivity contribution in [3.05, 3.63) is 71.8 Å². The van der Waals surface area contributed by atoms with Crippen LogP contribution >= 0.6 is 0 Å². The molecule has 0 saturated carbocycles. The Morgan fingerprint density at radius 3 is 2.30 bits per heavy atom. The summed E-state index contributed by atoms with van der Waals surface area (Å²) in [5.41, 5.74) is 2.75. The van der Waals surface area contributed by atoms with Crippen LogP contribution in [0.15, 0.2) is 55.1 Å². The van der Waals surface area contributed by atoms with E-state index in [-0.39, 0.29) is 18.0 Å². The molecule has 2 aromatic carbocycles. The molecule has 1 unspecified atom stereocenters. The van der Waals surface area contributed by atoms with Gasteiger partial charge in [-0.3, -0.25) is 13.9 Å². The molecule has 0 saturated heterocycles. The van der Waals surface area contributed by atoms with Crippen LogP contribution in [-0.2, 0) is 14.8 Å². The highest BCUT2D eigenvalue weighted by Crippen LogP contribution is 2.25. The Hall–Kier alpha value is -3.13. The summed E-state index contributed by atoms with van der Waals surface area (Å²) in [6.45, 7) is 9.07. The number of carbonyl (C=O) groups is 2. The lowest BCUT2D eigenvalue weighted by Crippen LogP contribution is -2.45. The maximum absolute atomic E-state index is 13.0. The van der Waals surface area contributed by atoms with Crippen LogP contribution in [0.3, 0.4) is 0 Å². The third-order valence-corrected chi connectivity index (χ3v) is 5.63. The van der Waals surface area contributed by atoms with E-state index in [1.165, 1.54) is 6.92 Å². The van der Waals surface area contributed by atoms with Gasteiger partial charge in [-0.05, 0) is 56.2 Å². The van der Waals surface area contributed by atoms with Gasteiger partial charge in [0, 0.05) is 6.54 Å². The smallest absolute Gasteiger partial charge is 0.253 e. The average Bonchev–Trinajstić information content (AvgIpc) is 2.64. The maximum Gasteiger partial charge on any atom is 0.253 e. The van der Waals surface area contributed by atoms with Crippen molar-refractivity contribution >= 4 is 33.2 Å². The number of benzene rings is 2. The van der Waals surface area contributed by atoms with Crippen LogP contribution in [0.4, 0.5) is 11.4 Å². The van der Waals surface area contributed by atoms with Gasteiger partial charge in [0.15, 0.2) is 0 Å². The maximum atomic E-state index is 13.0. The van der Waals surface area contributed by atoms with E-state index in [1.807, 2.05) is 19.9 Å². The van der Waals surface area contributed by atoms with Crippen molar-refractivity contribution in [2.24, 2.45) is 0 Å². The third-order valence-electron chi connectivity index (χ3n) is 4.39. The van der Waals surface area contributed by atoms with Gasteiger partial charge < -0.3 is 10.6 Å². The molecule has 0 aliphatic heterocycles. The molecule has 0 radical (unpaired) electrons. The van der Waals surface area contributed by atoms with E-state index in [0.717, 1.165) is 21.7 Å². The molecule has 7 nitrogen and oxygen atoms in total. The number of hydrogen-bond donors (Lipinski definition) is 2. The van der Waals surface area contributed by atoms with Gasteiger partial charge in [-0.15, -0.1) is 6.58 Å². The second-order valence-electron chi connectivity index (χ2n) is 7.11. The van der Waals surface area contributed by atoms with Crippen molar-refractivity contribution in [2.75, 3.05) is 22.4 Å². The first-order valence-corrected chi connectivity index (χ1v) is 11.3. The van der Waals surface area contributed by atoms with Crippen molar-refractivity contribution in [2.45, 2.75) is 26.8 Å². The van der Waals surface area contributed by atoms with Gasteiger partial charge in [-0.2, -0.15) is 0 Å². The summed E-state index contributed by atoms with van der Waals surface area (Å²) in [5.74, 6) is -0.920. The van der Waals surface area contributed by atoms with E-state index in [4.69, 9.17) is 0 Å². The van der Waals surface area contributed by atoms with E-state index >= 15 is 0 Å². The molecule has 0 aliphatic carbocycles. The van der Waals surface area contributed by atoms with Crippen LogP contribution in [0, 0.1) is 13.8 Å². The number of aryl methyl sites for hydroxylation is 2. The van der Waals surface area contributed by atoms with Crippen molar-refractivity contribution in [1.82, 2.24) is 5.32 Å². The largest absolute Gasteiger partial charge is 0.349 e. The lowest BCUT2D eigenvalue weighted by molar-refractivity contribution is -0.116. The summed E-state index contributed by atoms with van der Waals surface area (Å²) in [5, 5.41) is 5.35. The number of sulfonamides is 1. The number of carbonyl (C=O) groups excluding carboxylic acids is 2. The number of amides is 2. The zero-order valence-corrected chi connectivity index (χ0v) is 18.4. The van der Waals surface area contributed by atoms with E-state index in [2.05, 4.69) is 17.2 Å². The minimum Gasteiger partial charge on any atom is -0.349 e. The summed E-state index contributed by atoms with van der Waals surface area (Å²) >= 11 is 0. The van der Waals surface area contributed by atoms with Crippen LogP contribution in [0.2, 0.25) is 0 Å². The molecule has 2 aromatic rings. The van der Waals surface area contributed by atoms with E-state index in [9.17, 15) is 18.0 Å². The lowest BCUT2D eigenvalue weighted by Gasteiger charge is -2.29. The van der Waals surface area contributed by atoms with E-state index < -0.39 is 22.0 Å². The van der Waals surface area contributed by atoms with Gasteiger partial charge in [0.25, 0.3) is 5.91 Å². The third kappa shape index (κ3) is 5.70. The van der Waals surface area contributed by atoms with Gasteiger partial charge in [0.1, 0.15) is 6.04 Å². The van der Waals surface area contributed by atoms with Crippen molar-refractivity contribution in [3.8, 4) is 0 Å². The van der Waals surface area contributed by atoms with Crippen molar-refractivity contribution in [3.63, 3.8) is 0 Å². The number of anilines is 2. The van der Waals surface area contributed by atoms with Gasteiger partial charge in [0.2, 0.25) is 15.9 Å². The van der Waals surface area contributed by atoms with Crippen LogP contribution in [0.5, 0.6) is 0 Å². The Labute approximate surface area is 177 Å². The molecule has 8 heteroatoms. The topological polar surface area (TPSA) is 95.6 Å². The predicted octanol–water partition coefficient (Wildman–Crippen LogP) is 3.01. The Morgan fingerprint density at radius 2 is 1.73 bits per heavy atom. The summed E-state index contributed by atoms with van der Waals surface area (Å²) in [4.78, 5) is 25.3. The molecule has 160 valence electrons. The number of nitrogens with zero attached hydrogens (tertiary/aromatic N) is 1. The highest BCUT2D eigenvalue weighted by Gasteiger charge is 2.30. The Kier molecular flexibility index (Phi) is 7.39. The normalized spacial score (nSPS) is 12.0. The minimum absolute atomic E-state index is 0.275. The number of rotatable bonds is 8. The van der Waals surface area contributed by atoms with Gasteiger partial charge in [-0.25, -0.2) is 8.42 Å². The molecular weight excluding hydrogens is 402 g/mol. The zero-order valence-electron chi connectivity index (χ0n) is 17.6. The molecule has 0 aromatic heterocycles.